The lowest BCUT2D eigenvalue weighted by Crippen LogP contribution is -2.37. The van der Waals surface area contributed by atoms with E-state index in [-0.39, 0.29) is 5.97 Å². The first-order valence-corrected chi connectivity index (χ1v) is 6.05. The Hall–Kier alpha value is -0.570. The maximum absolute atomic E-state index is 11.4. The zero-order valence-electron chi connectivity index (χ0n) is 10.6. The van der Waals surface area contributed by atoms with E-state index in [0.717, 1.165) is 25.8 Å². The molecule has 0 heterocycles. The number of carbonyl (C=O) groups excluding carboxylic acids is 1. The molecular weight excluding hydrogens is 190 g/mol. The molecule has 3 nitrogen and oxygen atoms in total. The SMILES string of the molecule is CCCCOC(=O)CN(CC)C(C)CC. The van der Waals surface area contributed by atoms with E-state index in [1.54, 1.807) is 0 Å². The van der Waals surface area contributed by atoms with Gasteiger partial charge in [0.15, 0.2) is 0 Å². The van der Waals surface area contributed by atoms with Crippen LogP contribution in [0.15, 0.2) is 0 Å². The topological polar surface area (TPSA) is 29.5 Å². The van der Waals surface area contributed by atoms with Gasteiger partial charge < -0.3 is 4.74 Å². The second kappa shape index (κ2) is 8.72. The van der Waals surface area contributed by atoms with Gasteiger partial charge in [0.1, 0.15) is 0 Å². The molecule has 0 spiro atoms. The van der Waals surface area contributed by atoms with Crippen molar-refractivity contribution in [1.82, 2.24) is 4.90 Å². The van der Waals surface area contributed by atoms with Crippen LogP contribution < -0.4 is 0 Å². The molecule has 0 aromatic rings. The van der Waals surface area contributed by atoms with Crippen molar-refractivity contribution in [3.05, 3.63) is 0 Å². The van der Waals surface area contributed by atoms with Crippen molar-refractivity contribution in [1.29, 1.82) is 0 Å². The predicted octanol–water partition coefficient (Wildman–Crippen LogP) is 2.45. The van der Waals surface area contributed by atoms with Crippen molar-refractivity contribution in [2.24, 2.45) is 0 Å². The quantitative estimate of drug-likeness (QED) is 0.460. The molecule has 1 unspecified atom stereocenters. The summed E-state index contributed by atoms with van der Waals surface area (Å²) >= 11 is 0. The van der Waals surface area contributed by atoms with E-state index in [1.807, 2.05) is 0 Å². The molecule has 0 aromatic carbocycles. The fourth-order valence-electron chi connectivity index (χ4n) is 1.38. The molecule has 0 saturated heterocycles. The molecule has 0 fully saturated rings. The van der Waals surface area contributed by atoms with Gasteiger partial charge >= 0.3 is 5.97 Å². The number of hydrogen-bond acceptors (Lipinski definition) is 3. The van der Waals surface area contributed by atoms with Crippen molar-refractivity contribution >= 4 is 5.97 Å². The fraction of sp³-hybridized carbons (Fsp3) is 0.917. The Morgan fingerprint density at radius 2 is 2.00 bits per heavy atom. The molecule has 0 amide bonds. The third-order valence-electron chi connectivity index (χ3n) is 2.71. The highest BCUT2D eigenvalue weighted by atomic mass is 16.5. The van der Waals surface area contributed by atoms with Gasteiger partial charge in [0.2, 0.25) is 0 Å². The fourth-order valence-corrected chi connectivity index (χ4v) is 1.38. The smallest absolute Gasteiger partial charge is 0.320 e. The number of unbranched alkanes of at least 4 members (excludes halogenated alkanes) is 1. The van der Waals surface area contributed by atoms with E-state index in [1.165, 1.54) is 0 Å². The van der Waals surface area contributed by atoms with Gasteiger partial charge in [0.25, 0.3) is 0 Å². The van der Waals surface area contributed by atoms with Crippen molar-refractivity contribution in [2.75, 3.05) is 19.7 Å². The Kier molecular flexibility index (Phi) is 8.38. The van der Waals surface area contributed by atoms with Crippen LogP contribution >= 0.6 is 0 Å². The summed E-state index contributed by atoms with van der Waals surface area (Å²) in [6.07, 6.45) is 3.09. The van der Waals surface area contributed by atoms with Gasteiger partial charge in [-0.2, -0.15) is 0 Å². The summed E-state index contributed by atoms with van der Waals surface area (Å²) in [4.78, 5) is 13.6. The maximum atomic E-state index is 11.4. The molecule has 0 aromatic heterocycles. The van der Waals surface area contributed by atoms with E-state index in [9.17, 15) is 4.79 Å². The number of nitrogens with zero attached hydrogens (tertiary/aromatic N) is 1. The van der Waals surface area contributed by atoms with E-state index in [0.29, 0.717) is 19.2 Å². The van der Waals surface area contributed by atoms with Gasteiger partial charge in [-0.15, -0.1) is 0 Å². The molecule has 0 radical (unpaired) electrons. The van der Waals surface area contributed by atoms with Crippen LogP contribution in [-0.2, 0) is 9.53 Å². The summed E-state index contributed by atoms with van der Waals surface area (Å²) in [5, 5.41) is 0. The minimum Gasteiger partial charge on any atom is -0.465 e. The maximum Gasteiger partial charge on any atom is 0.320 e. The monoisotopic (exact) mass is 215 g/mol. The van der Waals surface area contributed by atoms with Gasteiger partial charge in [0, 0.05) is 6.04 Å². The van der Waals surface area contributed by atoms with Crippen LogP contribution in [0.1, 0.15) is 47.0 Å². The lowest BCUT2D eigenvalue weighted by molar-refractivity contribution is -0.145. The average molecular weight is 215 g/mol. The summed E-state index contributed by atoms with van der Waals surface area (Å²) in [6, 6.07) is 0.453. The van der Waals surface area contributed by atoms with E-state index in [2.05, 4.69) is 32.6 Å². The largest absolute Gasteiger partial charge is 0.465 e. The summed E-state index contributed by atoms with van der Waals surface area (Å²) < 4.78 is 5.13. The van der Waals surface area contributed by atoms with Crippen LogP contribution in [0.4, 0.5) is 0 Å². The first-order valence-electron chi connectivity index (χ1n) is 6.05. The summed E-state index contributed by atoms with van der Waals surface area (Å²) in [5.74, 6) is -0.0920. The van der Waals surface area contributed by atoms with Crippen LogP contribution in [0, 0.1) is 0 Å². The molecule has 0 aliphatic rings. The first kappa shape index (κ1) is 14.4. The van der Waals surface area contributed by atoms with E-state index >= 15 is 0 Å². The zero-order valence-corrected chi connectivity index (χ0v) is 10.6. The normalized spacial score (nSPS) is 12.9. The predicted molar refractivity (Wildman–Crippen MR) is 62.9 cm³/mol. The molecule has 3 heteroatoms. The molecule has 15 heavy (non-hydrogen) atoms. The van der Waals surface area contributed by atoms with Gasteiger partial charge in [-0.1, -0.05) is 27.2 Å². The minimum absolute atomic E-state index is 0.0920. The number of likely N-dealkylation sites (N-methyl/N-ethyl adjacent to an activating group) is 1. The summed E-state index contributed by atoms with van der Waals surface area (Å²) in [7, 11) is 0. The third kappa shape index (κ3) is 6.50. The lowest BCUT2D eigenvalue weighted by atomic mass is 10.2. The number of esters is 1. The Bertz CT molecular complexity index is 171. The highest BCUT2D eigenvalue weighted by molar-refractivity contribution is 5.71. The molecule has 0 aliphatic carbocycles. The van der Waals surface area contributed by atoms with Crippen LogP contribution in [0.25, 0.3) is 0 Å². The van der Waals surface area contributed by atoms with Crippen molar-refractivity contribution < 1.29 is 9.53 Å². The summed E-state index contributed by atoms with van der Waals surface area (Å²) in [6.45, 7) is 10.3. The molecule has 0 saturated carbocycles. The Morgan fingerprint density at radius 1 is 1.33 bits per heavy atom. The van der Waals surface area contributed by atoms with Crippen LogP contribution in [0.5, 0.6) is 0 Å². The number of rotatable bonds is 8. The van der Waals surface area contributed by atoms with Crippen molar-refractivity contribution in [3.8, 4) is 0 Å². The van der Waals surface area contributed by atoms with Crippen molar-refractivity contribution in [2.45, 2.75) is 53.0 Å². The Morgan fingerprint density at radius 3 is 2.47 bits per heavy atom. The van der Waals surface area contributed by atoms with E-state index in [4.69, 9.17) is 4.74 Å². The first-order chi connectivity index (χ1) is 7.15. The molecule has 1 atom stereocenters. The highest BCUT2D eigenvalue weighted by Gasteiger charge is 2.14. The van der Waals surface area contributed by atoms with E-state index < -0.39 is 0 Å². The molecule has 0 aliphatic heterocycles. The Balaban J connectivity index is 3.80. The third-order valence-corrected chi connectivity index (χ3v) is 2.71. The molecule has 0 rings (SSSR count). The second-order valence-corrected chi connectivity index (χ2v) is 3.89. The lowest BCUT2D eigenvalue weighted by Gasteiger charge is -2.25. The number of hydrogen-bond donors (Lipinski definition) is 0. The molecule has 0 bridgehead atoms. The highest BCUT2D eigenvalue weighted by Crippen LogP contribution is 2.03. The second-order valence-electron chi connectivity index (χ2n) is 3.89. The van der Waals surface area contributed by atoms with Gasteiger partial charge in [-0.3, -0.25) is 9.69 Å². The van der Waals surface area contributed by atoms with Crippen LogP contribution in [-0.4, -0.2) is 36.6 Å². The number of ether oxygens (including phenoxy) is 1. The Labute approximate surface area is 93.8 Å². The van der Waals surface area contributed by atoms with Crippen LogP contribution in [0.2, 0.25) is 0 Å². The van der Waals surface area contributed by atoms with Gasteiger partial charge in [-0.25, -0.2) is 0 Å². The minimum atomic E-state index is -0.0920. The van der Waals surface area contributed by atoms with Crippen molar-refractivity contribution in [3.63, 3.8) is 0 Å². The van der Waals surface area contributed by atoms with Crippen LogP contribution in [0.3, 0.4) is 0 Å². The summed E-state index contributed by atoms with van der Waals surface area (Å²) in [5.41, 5.74) is 0. The van der Waals surface area contributed by atoms with Gasteiger partial charge in [0.05, 0.1) is 13.2 Å². The standard InChI is InChI=1S/C12H25NO2/c1-5-8-9-15-12(14)10-13(7-3)11(4)6-2/h11H,5-10H2,1-4H3. The molecule has 90 valence electrons. The molecular formula is C12H25NO2. The number of carbonyl (C=O) groups is 1. The molecule has 0 N–H and O–H groups in total. The average Bonchev–Trinajstić information content (AvgIpc) is 2.25. The zero-order chi connectivity index (χ0) is 11.7. The van der Waals surface area contributed by atoms with Gasteiger partial charge in [-0.05, 0) is 26.3 Å².